The molecule has 0 radical (unpaired) electrons. The van der Waals surface area contributed by atoms with Gasteiger partial charge in [-0.3, -0.25) is 4.79 Å². The maximum Gasteiger partial charge on any atom is 0.249 e. The van der Waals surface area contributed by atoms with Gasteiger partial charge in [0.05, 0.1) is 25.4 Å². The lowest BCUT2D eigenvalue weighted by Gasteiger charge is -2.40. The smallest absolute Gasteiger partial charge is 0.249 e. The highest BCUT2D eigenvalue weighted by Gasteiger charge is 2.44. The molecule has 0 bridgehead atoms. The first-order valence-corrected chi connectivity index (χ1v) is 28.7. The minimum absolute atomic E-state index is 0.255. The first kappa shape index (κ1) is 64.6. The summed E-state index contributed by atoms with van der Waals surface area (Å²) in [5.41, 5.74) is 0. The van der Waals surface area contributed by atoms with Gasteiger partial charge in [-0.2, -0.15) is 0 Å². The van der Waals surface area contributed by atoms with Gasteiger partial charge in [0.2, 0.25) is 5.91 Å². The number of carbonyl (C=O) groups excluding carboxylic acids is 1. The fraction of sp³-hybridized carbons (Fsp3) is 0.912. The molecule has 0 aliphatic carbocycles. The summed E-state index contributed by atoms with van der Waals surface area (Å²) in [6.07, 6.45) is 43.9. The highest BCUT2D eigenvalue weighted by molar-refractivity contribution is 5.80. The fourth-order valence-corrected chi connectivity index (χ4v) is 9.26. The standard InChI is InChI=1S/C57H109NO10/c1-3-5-7-9-11-13-15-17-19-20-21-22-23-24-25-26-27-28-29-30-31-33-35-37-39-41-43-45-50(61)56(66)58-48(47-67-57-55(65)54(64)53(63)51(46-59)68-57)52(62)49(60)44-42-40-38-36-34-32-18-16-14-12-10-8-6-4-2/h24-25,36,38,48-55,57,59-65H,3-23,26-35,37,39-47H2,1-2H3,(H,58,66)/b25-24-,38-36+. The van der Waals surface area contributed by atoms with Gasteiger partial charge in [0.1, 0.15) is 36.6 Å². The van der Waals surface area contributed by atoms with E-state index in [2.05, 4.69) is 43.5 Å². The molecule has 1 aliphatic heterocycles. The second-order valence-electron chi connectivity index (χ2n) is 20.4. The maximum absolute atomic E-state index is 13.2. The Kier molecular flexibility index (Phi) is 44.3. The molecular formula is C57H109NO10. The molecule has 11 heteroatoms. The number of carbonyl (C=O) groups is 1. The minimum Gasteiger partial charge on any atom is -0.394 e. The maximum atomic E-state index is 13.2. The Morgan fingerprint density at radius 1 is 0.500 bits per heavy atom. The van der Waals surface area contributed by atoms with Gasteiger partial charge in [0.15, 0.2) is 6.29 Å². The zero-order valence-corrected chi connectivity index (χ0v) is 43.9. The van der Waals surface area contributed by atoms with E-state index in [9.17, 15) is 40.5 Å². The molecule has 8 N–H and O–H groups in total. The molecule has 1 rings (SSSR count). The molecule has 1 amide bonds. The highest BCUT2D eigenvalue weighted by Crippen LogP contribution is 2.23. The zero-order valence-electron chi connectivity index (χ0n) is 43.9. The van der Waals surface area contributed by atoms with Crippen LogP contribution in [0.2, 0.25) is 0 Å². The molecule has 1 heterocycles. The topological polar surface area (TPSA) is 189 Å². The normalized spacial score (nSPS) is 20.6. The van der Waals surface area contributed by atoms with Crippen LogP contribution in [0.4, 0.5) is 0 Å². The molecule has 0 saturated carbocycles. The van der Waals surface area contributed by atoms with Crippen LogP contribution in [0.25, 0.3) is 0 Å². The Morgan fingerprint density at radius 3 is 1.26 bits per heavy atom. The average Bonchev–Trinajstić information content (AvgIpc) is 3.34. The van der Waals surface area contributed by atoms with Gasteiger partial charge in [-0.15, -0.1) is 0 Å². The number of allylic oxidation sites excluding steroid dienone is 4. The lowest BCUT2D eigenvalue weighted by Crippen LogP contribution is -2.60. The summed E-state index contributed by atoms with van der Waals surface area (Å²) in [7, 11) is 0. The van der Waals surface area contributed by atoms with Gasteiger partial charge in [-0.05, 0) is 64.2 Å². The highest BCUT2D eigenvalue weighted by atomic mass is 16.7. The molecule has 0 aromatic rings. The molecule has 11 nitrogen and oxygen atoms in total. The summed E-state index contributed by atoms with van der Waals surface area (Å²) in [4.78, 5) is 13.2. The molecule has 0 aromatic carbocycles. The van der Waals surface area contributed by atoms with Gasteiger partial charge in [-0.25, -0.2) is 0 Å². The van der Waals surface area contributed by atoms with Crippen molar-refractivity contribution in [2.45, 2.75) is 319 Å². The van der Waals surface area contributed by atoms with Crippen LogP contribution in [0.3, 0.4) is 0 Å². The molecular weight excluding hydrogens is 859 g/mol. The van der Waals surface area contributed by atoms with Crippen molar-refractivity contribution in [1.82, 2.24) is 5.32 Å². The van der Waals surface area contributed by atoms with Crippen molar-refractivity contribution < 1.29 is 50.0 Å². The Balaban J connectivity index is 2.28. The number of rotatable bonds is 49. The van der Waals surface area contributed by atoms with E-state index in [1.807, 2.05) is 0 Å². The number of hydrogen-bond acceptors (Lipinski definition) is 10. The summed E-state index contributed by atoms with van der Waals surface area (Å²) in [5.74, 6) is -0.705. The third-order valence-corrected chi connectivity index (χ3v) is 14.0. The van der Waals surface area contributed by atoms with Gasteiger partial charge >= 0.3 is 0 Å². The van der Waals surface area contributed by atoms with Crippen molar-refractivity contribution in [2.75, 3.05) is 13.2 Å². The Labute approximate surface area is 416 Å². The van der Waals surface area contributed by atoms with Gasteiger partial charge in [0, 0.05) is 0 Å². The second kappa shape index (κ2) is 46.6. The number of nitrogens with one attached hydrogen (secondary N) is 1. The fourth-order valence-electron chi connectivity index (χ4n) is 9.26. The molecule has 1 saturated heterocycles. The van der Waals surface area contributed by atoms with Crippen molar-refractivity contribution in [2.24, 2.45) is 0 Å². The summed E-state index contributed by atoms with van der Waals surface area (Å²) >= 11 is 0. The first-order valence-electron chi connectivity index (χ1n) is 28.7. The second-order valence-corrected chi connectivity index (χ2v) is 20.4. The summed E-state index contributed by atoms with van der Waals surface area (Å²) in [6.45, 7) is 3.45. The summed E-state index contributed by atoms with van der Waals surface area (Å²) in [6, 6.07) is -1.18. The van der Waals surface area contributed by atoms with Crippen molar-refractivity contribution >= 4 is 5.91 Å². The molecule has 1 fully saturated rings. The molecule has 0 aromatic heterocycles. The number of unbranched alkanes of at least 4 members (excludes halogenated alkanes) is 33. The third-order valence-electron chi connectivity index (χ3n) is 14.0. The van der Waals surface area contributed by atoms with Crippen LogP contribution in [0.1, 0.15) is 264 Å². The first-order chi connectivity index (χ1) is 33.2. The van der Waals surface area contributed by atoms with Gasteiger partial charge in [0.25, 0.3) is 0 Å². The Morgan fingerprint density at radius 2 is 0.868 bits per heavy atom. The number of ether oxygens (including phenoxy) is 2. The average molecular weight is 968 g/mol. The van der Waals surface area contributed by atoms with Crippen molar-refractivity contribution in [1.29, 1.82) is 0 Å². The molecule has 68 heavy (non-hydrogen) atoms. The van der Waals surface area contributed by atoms with E-state index < -0.39 is 74.2 Å². The van der Waals surface area contributed by atoms with Crippen molar-refractivity contribution in [3.8, 4) is 0 Å². The van der Waals surface area contributed by atoms with E-state index in [1.54, 1.807) is 0 Å². The van der Waals surface area contributed by atoms with Crippen LogP contribution in [0, 0.1) is 0 Å². The Hall–Kier alpha value is -1.41. The van der Waals surface area contributed by atoms with Gasteiger partial charge in [-0.1, -0.05) is 224 Å². The monoisotopic (exact) mass is 968 g/mol. The van der Waals surface area contributed by atoms with Gasteiger partial charge < -0.3 is 50.5 Å². The number of hydrogen-bond donors (Lipinski definition) is 8. The summed E-state index contributed by atoms with van der Waals surface area (Å²) in [5, 5.41) is 76.0. The molecule has 0 spiro atoms. The predicted octanol–water partition coefficient (Wildman–Crippen LogP) is 11.7. The van der Waals surface area contributed by atoms with E-state index in [0.717, 1.165) is 38.5 Å². The lowest BCUT2D eigenvalue weighted by atomic mass is 9.98. The molecule has 9 unspecified atom stereocenters. The Bertz CT molecular complexity index is 1160. The quantitative estimate of drug-likeness (QED) is 0.0215. The van der Waals surface area contributed by atoms with E-state index in [0.29, 0.717) is 12.8 Å². The molecule has 9 atom stereocenters. The SMILES string of the molecule is CCCCCCCCCCC/C=C/CCCC(O)C(O)C(COC1OC(CO)C(O)C(O)C1O)NC(=O)C(O)CCCCCCCCCCCCC/C=C\CCCCCCCCCCCCCC. The van der Waals surface area contributed by atoms with E-state index >= 15 is 0 Å². The molecule has 402 valence electrons. The van der Waals surface area contributed by atoms with Crippen molar-refractivity contribution in [3.05, 3.63) is 24.3 Å². The van der Waals surface area contributed by atoms with E-state index in [4.69, 9.17) is 9.47 Å². The van der Waals surface area contributed by atoms with E-state index in [-0.39, 0.29) is 12.8 Å². The third kappa shape index (κ3) is 34.8. The van der Waals surface area contributed by atoms with Crippen LogP contribution < -0.4 is 5.32 Å². The minimum atomic E-state index is -1.67. The molecule has 1 aliphatic rings. The van der Waals surface area contributed by atoms with Crippen LogP contribution in [0.5, 0.6) is 0 Å². The van der Waals surface area contributed by atoms with E-state index in [1.165, 1.54) is 186 Å². The zero-order chi connectivity index (χ0) is 49.7. The number of amides is 1. The van der Waals surface area contributed by atoms with Crippen LogP contribution in [-0.2, 0) is 14.3 Å². The number of aliphatic hydroxyl groups excluding tert-OH is 7. The number of aliphatic hydroxyl groups is 7. The van der Waals surface area contributed by atoms with Crippen molar-refractivity contribution in [3.63, 3.8) is 0 Å². The van der Waals surface area contributed by atoms with Crippen LogP contribution in [-0.4, -0.2) is 110 Å². The summed E-state index contributed by atoms with van der Waals surface area (Å²) < 4.78 is 11.1. The largest absolute Gasteiger partial charge is 0.394 e. The van der Waals surface area contributed by atoms with Crippen LogP contribution in [0.15, 0.2) is 24.3 Å². The van der Waals surface area contributed by atoms with Crippen LogP contribution >= 0.6 is 0 Å². The predicted molar refractivity (Wildman–Crippen MR) is 279 cm³/mol. The lowest BCUT2D eigenvalue weighted by molar-refractivity contribution is -0.303.